The molecule has 0 bridgehead atoms. The molecule has 1 fully saturated rings. The molecule has 2 rings (SSSR count). The Morgan fingerprint density at radius 1 is 1.50 bits per heavy atom. The second-order valence-corrected chi connectivity index (χ2v) is 5.43. The molecule has 1 saturated heterocycles. The first-order chi connectivity index (χ1) is 8.56. The van der Waals surface area contributed by atoms with Gasteiger partial charge in [-0.15, -0.1) is 0 Å². The zero-order chi connectivity index (χ0) is 13.1. The van der Waals surface area contributed by atoms with Gasteiger partial charge in [-0.2, -0.15) is 0 Å². The van der Waals surface area contributed by atoms with Crippen LogP contribution in [0, 0.1) is 0 Å². The third-order valence-corrected chi connectivity index (χ3v) is 3.75. The molecule has 0 aromatic heterocycles. The molecule has 1 aromatic carbocycles. The van der Waals surface area contributed by atoms with Gasteiger partial charge in [-0.05, 0) is 37.1 Å². The molecule has 0 aliphatic carbocycles. The number of carboxylic acids is 1. The molecule has 0 radical (unpaired) electrons. The number of rotatable bonds is 5. The largest absolute Gasteiger partial charge is 0.481 e. The third kappa shape index (κ3) is 3.24. The Morgan fingerprint density at radius 3 is 2.78 bits per heavy atom. The number of hydrogen-bond acceptors (Lipinski definition) is 2. The van der Waals surface area contributed by atoms with Crippen LogP contribution < -0.4 is 0 Å². The van der Waals surface area contributed by atoms with Crippen LogP contribution in [0.2, 0.25) is 5.02 Å². The van der Waals surface area contributed by atoms with Crippen LogP contribution in [0.5, 0.6) is 0 Å². The Kier molecular flexibility index (Phi) is 4.25. The zero-order valence-electron chi connectivity index (χ0n) is 10.5. The summed E-state index contributed by atoms with van der Waals surface area (Å²) >= 11 is 6.29. The molecule has 0 saturated carbocycles. The van der Waals surface area contributed by atoms with Crippen LogP contribution in [0.4, 0.5) is 0 Å². The summed E-state index contributed by atoms with van der Waals surface area (Å²) in [5, 5.41) is 9.42. The van der Waals surface area contributed by atoms with Crippen molar-refractivity contribution in [2.24, 2.45) is 0 Å². The van der Waals surface area contributed by atoms with E-state index in [0.29, 0.717) is 12.3 Å². The van der Waals surface area contributed by atoms with Crippen molar-refractivity contribution < 1.29 is 9.90 Å². The van der Waals surface area contributed by atoms with E-state index in [4.69, 9.17) is 16.7 Å². The summed E-state index contributed by atoms with van der Waals surface area (Å²) in [6.45, 7) is 2.14. The average Bonchev–Trinajstić information content (AvgIpc) is 2.25. The Labute approximate surface area is 112 Å². The Bertz CT molecular complexity index is 441. The first kappa shape index (κ1) is 13.4. The summed E-state index contributed by atoms with van der Waals surface area (Å²) in [6, 6.07) is 6.15. The van der Waals surface area contributed by atoms with Gasteiger partial charge in [0.05, 0.1) is 0 Å². The summed E-state index contributed by atoms with van der Waals surface area (Å²) in [4.78, 5) is 12.7. The minimum Gasteiger partial charge on any atom is -0.481 e. The van der Waals surface area contributed by atoms with Crippen LogP contribution in [-0.2, 0) is 11.2 Å². The molecule has 4 heteroatoms. The van der Waals surface area contributed by atoms with Crippen molar-refractivity contribution in [1.29, 1.82) is 0 Å². The molecule has 1 heterocycles. The van der Waals surface area contributed by atoms with E-state index in [-0.39, 0.29) is 6.42 Å². The van der Waals surface area contributed by atoms with E-state index in [1.807, 2.05) is 6.07 Å². The van der Waals surface area contributed by atoms with E-state index >= 15 is 0 Å². The van der Waals surface area contributed by atoms with E-state index < -0.39 is 5.97 Å². The van der Waals surface area contributed by atoms with E-state index in [1.54, 1.807) is 0 Å². The topological polar surface area (TPSA) is 40.5 Å². The highest BCUT2D eigenvalue weighted by Gasteiger charge is 2.26. The van der Waals surface area contributed by atoms with Gasteiger partial charge in [0.15, 0.2) is 0 Å². The van der Waals surface area contributed by atoms with E-state index in [9.17, 15) is 4.79 Å². The number of carboxylic acid groups (broad SMARTS) is 1. The van der Waals surface area contributed by atoms with Crippen molar-refractivity contribution in [1.82, 2.24) is 4.90 Å². The van der Waals surface area contributed by atoms with Crippen LogP contribution in [-0.4, -0.2) is 36.1 Å². The van der Waals surface area contributed by atoms with Crippen molar-refractivity contribution in [2.45, 2.75) is 25.2 Å². The van der Waals surface area contributed by atoms with Crippen molar-refractivity contribution in [3.63, 3.8) is 0 Å². The first-order valence-electron chi connectivity index (χ1n) is 6.25. The monoisotopic (exact) mass is 267 g/mol. The van der Waals surface area contributed by atoms with E-state index in [2.05, 4.69) is 24.1 Å². The molecule has 0 unspecified atom stereocenters. The molecule has 18 heavy (non-hydrogen) atoms. The van der Waals surface area contributed by atoms with Gasteiger partial charge in [-0.1, -0.05) is 23.7 Å². The lowest BCUT2D eigenvalue weighted by Gasteiger charge is -2.37. The molecular weight excluding hydrogens is 250 g/mol. The minimum absolute atomic E-state index is 0.215. The molecule has 1 aliphatic rings. The molecule has 0 atom stereocenters. The number of likely N-dealkylation sites (tertiary alicyclic amines) is 1. The predicted molar refractivity (Wildman–Crippen MR) is 72.3 cm³/mol. The maximum Gasteiger partial charge on any atom is 0.303 e. The molecule has 1 aromatic rings. The van der Waals surface area contributed by atoms with Crippen molar-refractivity contribution >= 4 is 17.6 Å². The van der Waals surface area contributed by atoms with Gasteiger partial charge >= 0.3 is 5.97 Å². The average molecular weight is 268 g/mol. The van der Waals surface area contributed by atoms with Crippen LogP contribution in [0.15, 0.2) is 18.2 Å². The molecular formula is C14H18ClNO2. The number of benzene rings is 1. The van der Waals surface area contributed by atoms with Crippen LogP contribution in [0.25, 0.3) is 0 Å². The summed E-state index contributed by atoms with van der Waals surface area (Å²) in [7, 11) is 2.10. The Hall–Kier alpha value is -1.06. The molecule has 0 spiro atoms. The molecule has 1 aliphatic heterocycles. The Balaban J connectivity index is 1.94. The third-order valence-electron chi connectivity index (χ3n) is 3.42. The zero-order valence-corrected chi connectivity index (χ0v) is 11.3. The fraction of sp³-hybridized carbons (Fsp3) is 0.500. The fourth-order valence-corrected chi connectivity index (χ4v) is 2.75. The second kappa shape index (κ2) is 5.72. The summed E-state index contributed by atoms with van der Waals surface area (Å²) in [5.41, 5.74) is 2.34. The molecule has 98 valence electrons. The van der Waals surface area contributed by atoms with Crippen molar-refractivity contribution in [3.05, 3.63) is 34.3 Å². The SMILES string of the molecule is CN1CC(c2ccc(CCCC(=O)O)cc2Cl)C1. The summed E-state index contributed by atoms with van der Waals surface area (Å²) in [6.07, 6.45) is 1.65. The standard InChI is InChI=1S/C14H18ClNO2/c1-16-8-11(9-16)12-6-5-10(7-13(12)15)3-2-4-14(17)18/h5-7,11H,2-4,8-9H2,1H3,(H,17,18). The van der Waals surface area contributed by atoms with Gasteiger partial charge in [0.25, 0.3) is 0 Å². The quantitative estimate of drug-likeness (QED) is 0.892. The second-order valence-electron chi connectivity index (χ2n) is 5.02. The molecule has 3 nitrogen and oxygen atoms in total. The minimum atomic E-state index is -0.741. The van der Waals surface area contributed by atoms with E-state index in [1.165, 1.54) is 5.56 Å². The highest BCUT2D eigenvalue weighted by atomic mass is 35.5. The maximum atomic E-state index is 10.4. The normalized spacial score (nSPS) is 16.6. The number of carbonyl (C=O) groups is 1. The lowest BCUT2D eigenvalue weighted by molar-refractivity contribution is -0.137. The smallest absolute Gasteiger partial charge is 0.303 e. The lowest BCUT2D eigenvalue weighted by atomic mass is 9.91. The van der Waals surface area contributed by atoms with Gasteiger partial charge in [0.1, 0.15) is 0 Å². The van der Waals surface area contributed by atoms with Gasteiger partial charge in [-0.3, -0.25) is 4.79 Å². The van der Waals surface area contributed by atoms with Crippen molar-refractivity contribution in [2.75, 3.05) is 20.1 Å². The highest BCUT2D eigenvalue weighted by Crippen LogP contribution is 2.31. The maximum absolute atomic E-state index is 10.4. The van der Waals surface area contributed by atoms with Gasteiger partial charge in [-0.25, -0.2) is 0 Å². The molecule has 1 N–H and O–H groups in total. The van der Waals surface area contributed by atoms with Crippen molar-refractivity contribution in [3.8, 4) is 0 Å². The van der Waals surface area contributed by atoms with Gasteiger partial charge in [0.2, 0.25) is 0 Å². The molecule has 0 amide bonds. The summed E-state index contributed by atoms with van der Waals surface area (Å²) < 4.78 is 0. The number of aryl methyl sites for hydroxylation is 1. The number of hydrogen-bond donors (Lipinski definition) is 1. The van der Waals surface area contributed by atoms with Crippen LogP contribution >= 0.6 is 11.6 Å². The van der Waals surface area contributed by atoms with E-state index in [0.717, 1.165) is 30.1 Å². The summed E-state index contributed by atoms with van der Waals surface area (Å²) in [5.74, 6) is -0.189. The number of likely N-dealkylation sites (N-methyl/N-ethyl adjacent to an activating group) is 1. The number of aliphatic carboxylic acids is 1. The van der Waals surface area contributed by atoms with Gasteiger partial charge in [0, 0.05) is 30.5 Å². The van der Waals surface area contributed by atoms with Crippen LogP contribution in [0.3, 0.4) is 0 Å². The highest BCUT2D eigenvalue weighted by molar-refractivity contribution is 6.31. The number of halogens is 1. The Morgan fingerprint density at radius 2 is 2.22 bits per heavy atom. The lowest BCUT2D eigenvalue weighted by Crippen LogP contribution is -2.41. The number of nitrogens with zero attached hydrogens (tertiary/aromatic N) is 1. The van der Waals surface area contributed by atoms with Crippen LogP contribution in [0.1, 0.15) is 29.9 Å². The predicted octanol–water partition coefficient (Wildman–Crippen LogP) is 2.78. The fourth-order valence-electron chi connectivity index (χ4n) is 2.40. The first-order valence-corrected chi connectivity index (χ1v) is 6.62. The van der Waals surface area contributed by atoms with Gasteiger partial charge < -0.3 is 10.0 Å².